The van der Waals surface area contributed by atoms with E-state index in [1.807, 2.05) is 0 Å². The summed E-state index contributed by atoms with van der Waals surface area (Å²) in [5.41, 5.74) is 11.3. The Morgan fingerprint density at radius 1 is 1.10 bits per heavy atom. The summed E-state index contributed by atoms with van der Waals surface area (Å²) in [7, 11) is 0. The van der Waals surface area contributed by atoms with Crippen molar-refractivity contribution in [3.8, 4) is 0 Å². The van der Waals surface area contributed by atoms with Gasteiger partial charge in [0.15, 0.2) is 0 Å². The molecule has 0 unspecified atom stereocenters. The van der Waals surface area contributed by atoms with Gasteiger partial charge in [-0.3, -0.25) is 9.59 Å². The minimum absolute atomic E-state index is 0.0572. The van der Waals surface area contributed by atoms with Gasteiger partial charge in [-0.1, -0.05) is 12.1 Å². The van der Waals surface area contributed by atoms with Gasteiger partial charge in [0.2, 0.25) is 0 Å². The molecule has 0 atom stereocenters. The number of hydrogen-bond donors (Lipinski definition) is 3. The molecule has 5 nitrogen and oxygen atoms in total. The lowest BCUT2D eigenvalue weighted by Crippen LogP contribution is -2.18. The van der Waals surface area contributed by atoms with Crippen molar-refractivity contribution in [2.45, 2.75) is 0 Å². The number of nitrogens with two attached hydrogens (primary N) is 2. The molecule has 2 aromatic rings. The Balaban J connectivity index is 2.30. The largest absolute Gasteiger partial charge is 0.399 e. The van der Waals surface area contributed by atoms with Crippen molar-refractivity contribution in [2.24, 2.45) is 5.73 Å². The van der Waals surface area contributed by atoms with Crippen LogP contribution in [0, 0.1) is 5.82 Å². The van der Waals surface area contributed by atoms with E-state index in [1.165, 1.54) is 18.2 Å². The molecule has 0 aliphatic carbocycles. The molecule has 0 aliphatic rings. The van der Waals surface area contributed by atoms with Gasteiger partial charge in [-0.05, 0) is 30.3 Å². The van der Waals surface area contributed by atoms with E-state index >= 15 is 0 Å². The second kappa shape index (κ2) is 5.40. The number of amides is 2. The van der Waals surface area contributed by atoms with Crippen LogP contribution in [0.3, 0.4) is 0 Å². The van der Waals surface area contributed by atoms with Crippen molar-refractivity contribution in [3.05, 3.63) is 59.4 Å². The molecule has 0 fully saturated rings. The Labute approximate surface area is 114 Å². The first kappa shape index (κ1) is 13.5. The molecule has 0 saturated heterocycles. The molecule has 0 aromatic heterocycles. The molecule has 20 heavy (non-hydrogen) atoms. The van der Waals surface area contributed by atoms with E-state index in [2.05, 4.69) is 5.32 Å². The highest BCUT2D eigenvalue weighted by Crippen LogP contribution is 2.17. The minimum atomic E-state index is -0.667. The molecule has 0 aliphatic heterocycles. The third kappa shape index (κ3) is 2.92. The van der Waals surface area contributed by atoms with E-state index in [0.717, 1.165) is 12.1 Å². The van der Waals surface area contributed by atoms with Gasteiger partial charge in [0.1, 0.15) is 5.82 Å². The number of rotatable bonds is 3. The Hall–Kier alpha value is -2.89. The summed E-state index contributed by atoms with van der Waals surface area (Å²) >= 11 is 0. The predicted molar refractivity (Wildman–Crippen MR) is 73.7 cm³/mol. The molecule has 2 rings (SSSR count). The van der Waals surface area contributed by atoms with Crippen LogP contribution in [-0.2, 0) is 0 Å². The average Bonchev–Trinajstić information content (AvgIpc) is 2.37. The number of benzene rings is 2. The van der Waals surface area contributed by atoms with Crippen LogP contribution in [0.25, 0.3) is 0 Å². The number of nitrogen functional groups attached to an aromatic ring is 1. The number of anilines is 2. The quantitative estimate of drug-likeness (QED) is 0.743. The zero-order valence-electron chi connectivity index (χ0n) is 10.4. The van der Waals surface area contributed by atoms with Gasteiger partial charge in [0.05, 0.1) is 11.3 Å². The zero-order valence-corrected chi connectivity index (χ0v) is 10.4. The van der Waals surface area contributed by atoms with Crippen LogP contribution >= 0.6 is 0 Å². The summed E-state index contributed by atoms with van der Waals surface area (Å²) in [5, 5.41) is 2.50. The smallest absolute Gasteiger partial charge is 0.255 e. The third-order valence-electron chi connectivity index (χ3n) is 2.62. The summed E-state index contributed by atoms with van der Waals surface area (Å²) in [5.74, 6) is -1.86. The van der Waals surface area contributed by atoms with E-state index in [9.17, 15) is 14.0 Å². The molecule has 6 heteroatoms. The van der Waals surface area contributed by atoms with Crippen LogP contribution in [0.4, 0.5) is 15.8 Å². The van der Waals surface area contributed by atoms with Crippen molar-refractivity contribution in [2.75, 3.05) is 11.1 Å². The zero-order chi connectivity index (χ0) is 14.7. The number of carbonyl (C=O) groups is 2. The van der Waals surface area contributed by atoms with Crippen LogP contribution in [0.15, 0.2) is 42.5 Å². The van der Waals surface area contributed by atoms with Crippen molar-refractivity contribution in [3.63, 3.8) is 0 Å². The normalized spacial score (nSPS) is 10.1. The van der Waals surface area contributed by atoms with Crippen LogP contribution in [0.1, 0.15) is 20.7 Å². The summed E-state index contributed by atoms with van der Waals surface area (Å²) in [6, 6.07) is 9.77. The van der Waals surface area contributed by atoms with E-state index in [1.54, 1.807) is 12.1 Å². The van der Waals surface area contributed by atoms with E-state index in [-0.39, 0.29) is 22.5 Å². The molecular weight excluding hydrogens is 261 g/mol. The van der Waals surface area contributed by atoms with Gasteiger partial charge < -0.3 is 16.8 Å². The molecule has 2 aromatic carbocycles. The standard InChI is InChI=1S/C14H12FN3O2/c15-9-5-8(6-10(16)7-9)14(20)18-12-4-2-1-3-11(12)13(17)19/h1-7H,16H2,(H2,17,19)(H,18,20). The summed E-state index contributed by atoms with van der Waals surface area (Å²) in [4.78, 5) is 23.2. The Bertz CT molecular complexity index is 666. The summed E-state index contributed by atoms with van der Waals surface area (Å²) < 4.78 is 13.2. The van der Waals surface area contributed by atoms with Gasteiger partial charge in [-0.25, -0.2) is 4.39 Å². The fourth-order valence-electron chi connectivity index (χ4n) is 1.74. The fourth-order valence-corrected chi connectivity index (χ4v) is 1.74. The highest BCUT2D eigenvalue weighted by Gasteiger charge is 2.12. The van der Waals surface area contributed by atoms with Crippen molar-refractivity contribution in [1.82, 2.24) is 0 Å². The topological polar surface area (TPSA) is 98.2 Å². The van der Waals surface area contributed by atoms with E-state index < -0.39 is 17.6 Å². The molecule has 0 radical (unpaired) electrons. The summed E-state index contributed by atoms with van der Waals surface area (Å²) in [6.07, 6.45) is 0. The second-order valence-electron chi connectivity index (χ2n) is 4.14. The van der Waals surface area contributed by atoms with Crippen LogP contribution in [0.5, 0.6) is 0 Å². The lowest BCUT2D eigenvalue weighted by molar-refractivity contribution is 0.100. The van der Waals surface area contributed by atoms with Gasteiger partial charge in [0.25, 0.3) is 11.8 Å². The Morgan fingerprint density at radius 3 is 2.45 bits per heavy atom. The highest BCUT2D eigenvalue weighted by molar-refractivity contribution is 6.08. The lowest BCUT2D eigenvalue weighted by atomic mass is 10.1. The molecule has 102 valence electrons. The maximum absolute atomic E-state index is 13.2. The Kier molecular flexibility index (Phi) is 3.65. The first-order chi connectivity index (χ1) is 9.47. The maximum Gasteiger partial charge on any atom is 0.255 e. The maximum atomic E-state index is 13.2. The van der Waals surface area contributed by atoms with E-state index in [4.69, 9.17) is 11.5 Å². The highest BCUT2D eigenvalue weighted by atomic mass is 19.1. The third-order valence-corrected chi connectivity index (χ3v) is 2.62. The molecule has 0 spiro atoms. The fraction of sp³-hybridized carbons (Fsp3) is 0. The number of halogens is 1. The number of primary amides is 1. The van der Waals surface area contributed by atoms with Gasteiger partial charge in [0, 0.05) is 11.3 Å². The average molecular weight is 273 g/mol. The predicted octanol–water partition coefficient (Wildman–Crippen LogP) is 1.76. The van der Waals surface area contributed by atoms with Crippen LogP contribution < -0.4 is 16.8 Å². The first-order valence-electron chi connectivity index (χ1n) is 5.73. The second-order valence-corrected chi connectivity index (χ2v) is 4.14. The molecular formula is C14H12FN3O2. The van der Waals surface area contributed by atoms with Gasteiger partial charge in [-0.15, -0.1) is 0 Å². The van der Waals surface area contributed by atoms with Crippen LogP contribution in [-0.4, -0.2) is 11.8 Å². The molecule has 0 heterocycles. The number of nitrogens with one attached hydrogen (secondary N) is 1. The lowest BCUT2D eigenvalue weighted by Gasteiger charge is -2.09. The number of hydrogen-bond acceptors (Lipinski definition) is 3. The van der Waals surface area contributed by atoms with Gasteiger partial charge in [-0.2, -0.15) is 0 Å². The molecule has 2 amide bonds. The molecule has 5 N–H and O–H groups in total. The monoisotopic (exact) mass is 273 g/mol. The van der Waals surface area contributed by atoms with Crippen LogP contribution in [0.2, 0.25) is 0 Å². The first-order valence-corrected chi connectivity index (χ1v) is 5.73. The summed E-state index contributed by atoms with van der Waals surface area (Å²) in [6.45, 7) is 0. The van der Waals surface area contributed by atoms with Crippen molar-refractivity contribution < 1.29 is 14.0 Å². The number of para-hydroxylation sites is 1. The van der Waals surface area contributed by atoms with E-state index in [0.29, 0.717) is 0 Å². The molecule has 0 bridgehead atoms. The van der Waals surface area contributed by atoms with Crippen molar-refractivity contribution >= 4 is 23.2 Å². The number of carbonyl (C=O) groups excluding carboxylic acids is 2. The van der Waals surface area contributed by atoms with Crippen molar-refractivity contribution in [1.29, 1.82) is 0 Å². The SMILES string of the molecule is NC(=O)c1ccccc1NC(=O)c1cc(N)cc(F)c1. The Morgan fingerprint density at radius 2 is 1.80 bits per heavy atom. The van der Waals surface area contributed by atoms with Gasteiger partial charge >= 0.3 is 0 Å². The minimum Gasteiger partial charge on any atom is -0.399 e. The molecule has 0 saturated carbocycles.